The van der Waals surface area contributed by atoms with Gasteiger partial charge in [0, 0.05) is 5.92 Å². The first-order chi connectivity index (χ1) is 6.02. The summed E-state index contributed by atoms with van der Waals surface area (Å²) in [5.41, 5.74) is 0. The number of carbonyl (C=O) groups excluding carboxylic acids is 1. The lowest BCUT2D eigenvalue weighted by molar-refractivity contribution is -0.142. The number of aliphatic carboxylic acids is 1. The van der Waals surface area contributed by atoms with E-state index in [4.69, 9.17) is 5.11 Å². The molecule has 4 heteroatoms. The number of rotatable bonds is 5. The summed E-state index contributed by atoms with van der Waals surface area (Å²) in [5, 5.41) is 11.1. The smallest absolute Gasteiger partial charge is 0.326 e. The Morgan fingerprint density at radius 1 is 1.31 bits per heavy atom. The third kappa shape index (κ3) is 3.92. The van der Waals surface area contributed by atoms with Crippen LogP contribution in [0.1, 0.15) is 33.6 Å². The minimum absolute atomic E-state index is 0.117. The highest BCUT2D eigenvalue weighted by Crippen LogP contribution is 2.01. The van der Waals surface area contributed by atoms with Crippen LogP contribution in [0.3, 0.4) is 0 Å². The molecule has 0 saturated carbocycles. The summed E-state index contributed by atoms with van der Waals surface area (Å²) < 4.78 is 0. The first kappa shape index (κ1) is 11.9. The highest BCUT2D eigenvalue weighted by molar-refractivity contribution is 5.84. The zero-order valence-corrected chi connectivity index (χ0v) is 8.33. The van der Waals surface area contributed by atoms with Gasteiger partial charge in [0.15, 0.2) is 0 Å². The van der Waals surface area contributed by atoms with Crippen LogP contribution < -0.4 is 5.32 Å². The number of amides is 1. The number of hydrogen-bond donors (Lipinski definition) is 2. The minimum Gasteiger partial charge on any atom is -0.480 e. The Hall–Kier alpha value is -1.06. The van der Waals surface area contributed by atoms with Crippen LogP contribution in [0.15, 0.2) is 0 Å². The molecule has 1 amide bonds. The monoisotopic (exact) mass is 187 g/mol. The number of carboxylic acid groups (broad SMARTS) is 1. The Morgan fingerprint density at radius 2 is 1.85 bits per heavy atom. The van der Waals surface area contributed by atoms with Crippen molar-refractivity contribution in [3.8, 4) is 0 Å². The first-order valence-electron chi connectivity index (χ1n) is 4.56. The Kier molecular flexibility index (Phi) is 5.11. The summed E-state index contributed by atoms with van der Waals surface area (Å²) in [5.74, 6) is -1.27. The second-order valence-electron chi connectivity index (χ2n) is 3.12. The minimum atomic E-state index is -0.973. The maximum atomic E-state index is 11.3. The lowest BCUT2D eigenvalue weighted by Gasteiger charge is -2.15. The van der Waals surface area contributed by atoms with Gasteiger partial charge in [-0.2, -0.15) is 0 Å². The molecule has 0 heterocycles. The van der Waals surface area contributed by atoms with Crippen molar-refractivity contribution in [2.24, 2.45) is 5.92 Å². The highest BCUT2D eigenvalue weighted by Gasteiger charge is 2.19. The van der Waals surface area contributed by atoms with Gasteiger partial charge in [-0.15, -0.1) is 0 Å². The highest BCUT2D eigenvalue weighted by atomic mass is 16.4. The third-order valence-corrected chi connectivity index (χ3v) is 2.08. The van der Waals surface area contributed by atoms with Gasteiger partial charge in [-0.05, 0) is 12.8 Å². The molecule has 0 aliphatic rings. The lowest BCUT2D eigenvalue weighted by Crippen LogP contribution is -2.42. The van der Waals surface area contributed by atoms with Crippen molar-refractivity contribution in [2.75, 3.05) is 0 Å². The quantitative estimate of drug-likeness (QED) is 0.675. The van der Waals surface area contributed by atoms with E-state index < -0.39 is 12.0 Å². The molecule has 0 fully saturated rings. The van der Waals surface area contributed by atoms with Gasteiger partial charge in [0.25, 0.3) is 0 Å². The Balaban J connectivity index is 4.09. The lowest BCUT2D eigenvalue weighted by atomic mass is 10.1. The third-order valence-electron chi connectivity index (χ3n) is 2.08. The van der Waals surface area contributed by atoms with Crippen LogP contribution in [0.5, 0.6) is 0 Å². The van der Waals surface area contributed by atoms with Crippen LogP contribution in [0.25, 0.3) is 0 Å². The van der Waals surface area contributed by atoms with Crippen LogP contribution in [-0.2, 0) is 9.59 Å². The van der Waals surface area contributed by atoms with Crippen molar-refractivity contribution >= 4 is 11.9 Å². The predicted molar refractivity (Wildman–Crippen MR) is 49.3 cm³/mol. The van der Waals surface area contributed by atoms with Crippen molar-refractivity contribution in [1.29, 1.82) is 0 Å². The summed E-state index contributed by atoms with van der Waals surface area (Å²) in [6, 6.07) is -0.749. The van der Waals surface area contributed by atoms with E-state index in [0.29, 0.717) is 6.42 Å². The average Bonchev–Trinajstić information content (AvgIpc) is 2.11. The standard InChI is InChI=1S/C9H17NO3/c1-4-6(3)8(11)10-7(5-2)9(12)13/h6-7H,4-5H2,1-3H3,(H,10,11)(H,12,13)/t6-,7?/m0/s1. The van der Waals surface area contributed by atoms with Gasteiger partial charge in [0.05, 0.1) is 0 Å². The van der Waals surface area contributed by atoms with Gasteiger partial charge < -0.3 is 10.4 Å². The molecule has 76 valence electrons. The topological polar surface area (TPSA) is 66.4 Å². The molecule has 0 bridgehead atoms. The van der Waals surface area contributed by atoms with Crippen molar-refractivity contribution in [1.82, 2.24) is 5.32 Å². The van der Waals surface area contributed by atoms with E-state index in [-0.39, 0.29) is 11.8 Å². The fourth-order valence-electron chi connectivity index (χ4n) is 0.838. The van der Waals surface area contributed by atoms with E-state index >= 15 is 0 Å². The van der Waals surface area contributed by atoms with Gasteiger partial charge >= 0.3 is 5.97 Å². The van der Waals surface area contributed by atoms with E-state index in [0.717, 1.165) is 6.42 Å². The molecular formula is C9H17NO3. The van der Waals surface area contributed by atoms with E-state index in [2.05, 4.69) is 5.32 Å². The van der Waals surface area contributed by atoms with Gasteiger partial charge in [-0.3, -0.25) is 4.79 Å². The maximum Gasteiger partial charge on any atom is 0.326 e. The Morgan fingerprint density at radius 3 is 2.15 bits per heavy atom. The van der Waals surface area contributed by atoms with Gasteiger partial charge in [-0.25, -0.2) is 4.79 Å². The molecule has 0 aromatic heterocycles. The molecule has 0 radical (unpaired) electrons. The molecule has 13 heavy (non-hydrogen) atoms. The summed E-state index contributed by atoms with van der Waals surface area (Å²) in [6.07, 6.45) is 1.14. The molecule has 4 nitrogen and oxygen atoms in total. The van der Waals surface area contributed by atoms with Gasteiger partial charge in [0.2, 0.25) is 5.91 Å². The zero-order chi connectivity index (χ0) is 10.4. The summed E-state index contributed by atoms with van der Waals surface area (Å²) in [7, 11) is 0. The van der Waals surface area contributed by atoms with Crippen LogP contribution in [-0.4, -0.2) is 23.0 Å². The van der Waals surface area contributed by atoms with Gasteiger partial charge in [0.1, 0.15) is 6.04 Å². The largest absolute Gasteiger partial charge is 0.480 e. The normalized spacial score (nSPS) is 14.7. The zero-order valence-electron chi connectivity index (χ0n) is 8.33. The molecule has 0 aromatic rings. The number of carboxylic acids is 1. The maximum absolute atomic E-state index is 11.3. The molecular weight excluding hydrogens is 170 g/mol. The van der Waals surface area contributed by atoms with Gasteiger partial charge in [-0.1, -0.05) is 20.8 Å². The van der Waals surface area contributed by atoms with E-state index in [1.165, 1.54) is 0 Å². The fourth-order valence-corrected chi connectivity index (χ4v) is 0.838. The van der Waals surface area contributed by atoms with Crippen molar-refractivity contribution in [3.05, 3.63) is 0 Å². The number of carbonyl (C=O) groups is 2. The molecule has 2 N–H and O–H groups in total. The van der Waals surface area contributed by atoms with Crippen LogP contribution >= 0.6 is 0 Å². The molecule has 2 atom stereocenters. The van der Waals surface area contributed by atoms with E-state index in [1.54, 1.807) is 13.8 Å². The molecule has 0 spiro atoms. The molecule has 1 unspecified atom stereocenters. The molecule has 0 aliphatic heterocycles. The van der Waals surface area contributed by atoms with Crippen LogP contribution in [0.4, 0.5) is 0 Å². The number of nitrogens with one attached hydrogen (secondary N) is 1. The second-order valence-corrected chi connectivity index (χ2v) is 3.12. The summed E-state index contributed by atoms with van der Waals surface area (Å²) >= 11 is 0. The van der Waals surface area contributed by atoms with E-state index in [9.17, 15) is 9.59 Å². The average molecular weight is 187 g/mol. The molecule has 0 rings (SSSR count). The summed E-state index contributed by atoms with van der Waals surface area (Å²) in [6.45, 7) is 5.41. The fraction of sp³-hybridized carbons (Fsp3) is 0.778. The first-order valence-corrected chi connectivity index (χ1v) is 4.56. The Bertz CT molecular complexity index is 191. The molecule has 0 saturated heterocycles. The SMILES string of the molecule is CCC(NC(=O)[C@@H](C)CC)C(=O)O. The molecule has 0 aromatic carbocycles. The van der Waals surface area contributed by atoms with Crippen molar-refractivity contribution < 1.29 is 14.7 Å². The Labute approximate surface area is 78.3 Å². The van der Waals surface area contributed by atoms with Crippen LogP contribution in [0, 0.1) is 5.92 Å². The number of hydrogen-bond acceptors (Lipinski definition) is 2. The predicted octanol–water partition coefficient (Wildman–Crippen LogP) is 1.01. The summed E-state index contributed by atoms with van der Waals surface area (Å²) in [4.78, 5) is 21.8. The van der Waals surface area contributed by atoms with E-state index in [1.807, 2.05) is 6.92 Å². The van der Waals surface area contributed by atoms with Crippen molar-refractivity contribution in [2.45, 2.75) is 39.7 Å². The second kappa shape index (κ2) is 5.56. The van der Waals surface area contributed by atoms with Crippen molar-refractivity contribution in [3.63, 3.8) is 0 Å². The molecule has 0 aliphatic carbocycles. The van der Waals surface area contributed by atoms with Crippen LogP contribution in [0.2, 0.25) is 0 Å².